The maximum atomic E-state index is 12.5. The molecule has 3 heteroatoms. The number of nitrogens with one attached hydrogen (secondary N) is 1. The Kier molecular flexibility index (Phi) is 3.24. The second kappa shape index (κ2) is 4.47. The van der Waals surface area contributed by atoms with Gasteiger partial charge < -0.3 is 5.32 Å². The molecule has 0 aliphatic carbocycles. The van der Waals surface area contributed by atoms with Crippen molar-refractivity contribution in [3.8, 4) is 11.8 Å². The molecule has 1 rings (SSSR count). The number of hydrogen-bond acceptors (Lipinski definition) is 2. The van der Waals surface area contributed by atoms with E-state index in [0.717, 1.165) is 6.20 Å². The van der Waals surface area contributed by atoms with Crippen LogP contribution in [0.5, 0.6) is 0 Å². The smallest absolute Gasteiger partial charge is 0.142 e. The number of pyridine rings is 1. The summed E-state index contributed by atoms with van der Waals surface area (Å²) in [5.74, 6) is 5.23. The Hall–Kier alpha value is -1.40. The van der Waals surface area contributed by atoms with Gasteiger partial charge in [0.2, 0.25) is 0 Å². The second-order valence-corrected chi connectivity index (χ2v) is 2.22. The van der Waals surface area contributed by atoms with Gasteiger partial charge in [-0.15, -0.1) is 0 Å². The highest BCUT2D eigenvalue weighted by molar-refractivity contribution is 5.31. The highest BCUT2D eigenvalue weighted by Crippen LogP contribution is 1.97. The maximum absolute atomic E-state index is 12.5. The van der Waals surface area contributed by atoms with Gasteiger partial charge in [-0.2, -0.15) is 0 Å². The van der Waals surface area contributed by atoms with E-state index in [4.69, 9.17) is 0 Å². The van der Waals surface area contributed by atoms with Gasteiger partial charge in [0.25, 0.3) is 0 Å². The number of rotatable bonds is 1. The second-order valence-electron chi connectivity index (χ2n) is 2.22. The molecule has 0 amide bonds. The summed E-state index contributed by atoms with van der Waals surface area (Å²) in [6.45, 7) is 0.594. The largest absolute Gasteiger partial charge is 0.309 e. The van der Waals surface area contributed by atoms with Gasteiger partial charge in [0.1, 0.15) is 5.82 Å². The van der Waals surface area contributed by atoms with E-state index < -0.39 is 0 Å². The van der Waals surface area contributed by atoms with Crippen LogP contribution in [0.2, 0.25) is 0 Å². The van der Waals surface area contributed by atoms with E-state index >= 15 is 0 Å². The van der Waals surface area contributed by atoms with Crippen molar-refractivity contribution in [1.82, 2.24) is 10.3 Å². The Morgan fingerprint density at radius 3 is 3.08 bits per heavy atom. The molecule has 12 heavy (non-hydrogen) atoms. The molecule has 0 aliphatic rings. The average molecular weight is 164 g/mol. The SMILES string of the molecule is CNCC#Cc1cncc(F)c1. The molecule has 0 aromatic carbocycles. The van der Waals surface area contributed by atoms with Crippen LogP contribution in [0.25, 0.3) is 0 Å². The lowest BCUT2D eigenvalue weighted by Crippen LogP contribution is -2.04. The van der Waals surface area contributed by atoms with Gasteiger partial charge >= 0.3 is 0 Å². The molecule has 2 nitrogen and oxygen atoms in total. The fourth-order valence-corrected chi connectivity index (χ4v) is 0.715. The van der Waals surface area contributed by atoms with Gasteiger partial charge in [0.15, 0.2) is 0 Å². The normalized spacial score (nSPS) is 8.83. The molecule has 1 heterocycles. The van der Waals surface area contributed by atoms with Crippen LogP contribution in [0.4, 0.5) is 4.39 Å². The van der Waals surface area contributed by atoms with E-state index in [2.05, 4.69) is 22.1 Å². The summed E-state index contributed by atoms with van der Waals surface area (Å²) in [6.07, 6.45) is 2.69. The summed E-state index contributed by atoms with van der Waals surface area (Å²) in [5, 5.41) is 2.86. The first kappa shape index (κ1) is 8.69. The third-order valence-corrected chi connectivity index (χ3v) is 1.20. The zero-order valence-corrected chi connectivity index (χ0v) is 6.76. The molecule has 0 saturated heterocycles. The van der Waals surface area contributed by atoms with Crippen LogP contribution in [0.3, 0.4) is 0 Å². The molecule has 0 atom stereocenters. The predicted octanol–water partition coefficient (Wildman–Crippen LogP) is 0.792. The van der Waals surface area contributed by atoms with Gasteiger partial charge in [-0.3, -0.25) is 4.98 Å². The number of hydrogen-bond donors (Lipinski definition) is 1. The quantitative estimate of drug-likeness (QED) is 0.621. The van der Waals surface area contributed by atoms with Crippen LogP contribution in [0.15, 0.2) is 18.5 Å². The molecular weight excluding hydrogens is 155 g/mol. The Balaban J connectivity index is 2.71. The van der Waals surface area contributed by atoms with Crippen molar-refractivity contribution >= 4 is 0 Å². The van der Waals surface area contributed by atoms with Gasteiger partial charge in [0.05, 0.1) is 12.7 Å². The Labute approximate surface area is 70.8 Å². The maximum Gasteiger partial charge on any atom is 0.142 e. The molecule has 0 bridgehead atoms. The average Bonchev–Trinajstić information content (AvgIpc) is 2.05. The van der Waals surface area contributed by atoms with E-state index in [1.54, 1.807) is 7.05 Å². The minimum absolute atomic E-state index is 0.355. The number of nitrogens with zero attached hydrogens (tertiary/aromatic N) is 1. The Morgan fingerprint density at radius 2 is 2.42 bits per heavy atom. The fourth-order valence-electron chi connectivity index (χ4n) is 0.715. The molecule has 62 valence electrons. The van der Waals surface area contributed by atoms with Gasteiger partial charge in [-0.25, -0.2) is 4.39 Å². The predicted molar refractivity (Wildman–Crippen MR) is 45.0 cm³/mol. The van der Waals surface area contributed by atoms with Gasteiger partial charge in [-0.1, -0.05) is 11.8 Å². The van der Waals surface area contributed by atoms with Crippen molar-refractivity contribution in [2.45, 2.75) is 0 Å². The summed E-state index contributed by atoms with van der Waals surface area (Å²) >= 11 is 0. The molecule has 1 N–H and O–H groups in total. The van der Waals surface area contributed by atoms with Crippen LogP contribution in [-0.4, -0.2) is 18.6 Å². The van der Waals surface area contributed by atoms with Crippen molar-refractivity contribution < 1.29 is 4.39 Å². The molecule has 1 aromatic heterocycles. The summed E-state index contributed by atoms with van der Waals surface area (Å²) in [4.78, 5) is 3.67. The lowest BCUT2D eigenvalue weighted by Gasteiger charge is -1.88. The third-order valence-electron chi connectivity index (χ3n) is 1.20. The van der Waals surface area contributed by atoms with Crippen LogP contribution in [0, 0.1) is 17.7 Å². The van der Waals surface area contributed by atoms with Gasteiger partial charge in [0, 0.05) is 11.8 Å². The first-order valence-corrected chi connectivity index (χ1v) is 3.57. The summed E-state index contributed by atoms with van der Waals surface area (Å²) < 4.78 is 12.5. The summed E-state index contributed by atoms with van der Waals surface area (Å²) in [6, 6.07) is 1.36. The molecule has 0 fully saturated rings. The minimum atomic E-state index is -0.355. The zero-order valence-electron chi connectivity index (χ0n) is 6.76. The molecular formula is C9H9FN2. The van der Waals surface area contributed by atoms with E-state index in [1.165, 1.54) is 12.3 Å². The highest BCUT2D eigenvalue weighted by Gasteiger charge is 1.89. The van der Waals surface area contributed by atoms with Crippen molar-refractivity contribution in [2.75, 3.05) is 13.6 Å². The Bertz CT molecular complexity index is 312. The minimum Gasteiger partial charge on any atom is -0.309 e. The van der Waals surface area contributed by atoms with Gasteiger partial charge in [-0.05, 0) is 13.1 Å². The van der Waals surface area contributed by atoms with Crippen molar-refractivity contribution in [2.24, 2.45) is 0 Å². The molecule has 1 aromatic rings. The Morgan fingerprint density at radius 1 is 1.58 bits per heavy atom. The number of aromatic nitrogens is 1. The lowest BCUT2D eigenvalue weighted by molar-refractivity contribution is 0.621. The first-order valence-electron chi connectivity index (χ1n) is 3.57. The molecule has 0 radical (unpaired) electrons. The standard InChI is InChI=1S/C9H9FN2/c1-11-4-2-3-8-5-9(10)7-12-6-8/h5-7,11H,4H2,1H3. The van der Waals surface area contributed by atoms with E-state index in [9.17, 15) is 4.39 Å². The van der Waals surface area contributed by atoms with E-state index in [1.807, 2.05) is 0 Å². The van der Waals surface area contributed by atoms with Crippen molar-refractivity contribution in [1.29, 1.82) is 0 Å². The molecule has 0 saturated carbocycles. The molecule has 0 unspecified atom stereocenters. The monoisotopic (exact) mass is 164 g/mol. The van der Waals surface area contributed by atoms with Crippen molar-refractivity contribution in [3.05, 3.63) is 29.8 Å². The van der Waals surface area contributed by atoms with E-state index in [-0.39, 0.29) is 5.82 Å². The first-order chi connectivity index (χ1) is 5.83. The topological polar surface area (TPSA) is 24.9 Å². The van der Waals surface area contributed by atoms with E-state index in [0.29, 0.717) is 12.1 Å². The summed E-state index contributed by atoms with van der Waals surface area (Å²) in [7, 11) is 1.80. The van der Waals surface area contributed by atoms with Crippen LogP contribution in [-0.2, 0) is 0 Å². The zero-order chi connectivity index (χ0) is 8.81. The molecule has 0 aliphatic heterocycles. The van der Waals surface area contributed by atoms with Crippen LogP contribution >= 0.6 is 0 Å². The lowest BCUT2D eigenvalue weighted by atomic mass is 10.3. The number of halogens is 1. The highest BCUT2D eigenvalue weighted by atomic mass is 19.1. The third kappa shape index (κ3) is 2.69. The molecule has 0 spiro atoms. The fraction of sp³-hybridized carbons (Fsp3) is 0.222. The van der Waals surface area contributed by atoms with Crippen LogP contribution < -0.4 is 5.32 Å². The van der Waals surface area contributed by atoms with Crippen LogP contribution in [0.1, 0.15) is 5.56 Å². The summed E-state index contributed by atoms with van der Waals surface area (Å²) in [5.41, 5.74) is 0.602. The van der Waals surface area contributed by atoms with Crippen molar-refractivity contribution in [3.63, 3.8) is 0 Å².